The molecule has 1 fully saturated rings. The van der Waals surface area contributed by atoms with Gasteiger partial charge < -0.3 is 5.73 Å². The van der Waals surface area contributed by atoms with Gasteiger partial charge >= 0.3 is 0 Å². The Morgan fingerprint density at radius 2 is 2.25 bits per heavy atom. The first kappa shape index (κ1) is 11.6. The summed E-state index contributed by atoms with van der Waals surface area (Å²) >= 11 is 0. The Morgan fingerprint density at radius 1 is 1.50 bits per heavy atom. The van der Waals surface area contributed by atoms with E-state index in [1.165, 1.54) is 12.8 Å². The van der Waals surface area contributed by atoms with Crippen LogP contribution >= 0.6 is 0 Å². The van der Waals surface area contributed by atoms with E-state index in [0.29, 0.717) is 6.04 Å². The van der Waals surface area contributed by atoms with Gasteiger partial charge in [0.15, 0.2) is 0 Å². The van der Waals surface area contributed by atoms with Crippen LogP contribution in [-0.4, -0.2) is 29.5 Å². The van der Waals surface area contributed by atoms with Gasteiger partial charge in [-0.1, -0.05) is 6.07 Å². The highest BCUT2D eigenvalue weighted by Gasteiger charge is 2.32. The molecule has 1 aromatic heterocycles. The fraction of sp³-hybridized carbons (Fsp3) is 0.615. The Labute approximate surface area is 97.7 Å². The molecule has 0 spiro atoms. The molecule has 1 unspecified atom stereocenters. The van der Waals surface area contributed by atoms with Crippen molar-refractivity contribution in [1.29, 1.82) is 0 Å². The molecule has 1 heterocycles. The normalized spacial score (nSPS) is 17.8. The smallest absolute Gasteiger partial charge is 0.0547 e. The molecule has 88 valence electrons. The largest absolute Gasteiger partial charge is 0.329 e. The average Bonchev–Trinajstić information content (AvgIpc) is 3.03. The van der Waals surface area contributed by atoms with Crippen molar-refractivity contribution >= 4 is 0 Å². The highest BCUT2D eigenvalue weighted by atomic mass is 15.2. The number of aromatic nitrogens is 1. The van der Waals surface area contributed by atoms with Crippen molar-refractivity contribution in [2.45, 2.75) is 32.4 Å². The third-order valence-corrected chi connectivity index (χ3v) is 3.33. The van der Waals surface area contributed by atoms with Crippen LogP contribution in [0.25, 0.3) is 0 Å². The molecular weight excluding hydrogens is 198 g/mol. The molecule has 0 amide bonds. The molecule has 1 aromatic rings. The highest BCUT2D eigenvalue weighted by molar-refractivity contribution is 5.10. The van der Waals surface area contributed by atoms with Crippen LogP contribution in [0.2, 0.25) is 0 Å². The van der Waals surface area contributed by atoms with Gasteiger partial charge in [-0.15, -0.1) is 0 Å². The fourth-order valence-electron chi connectivity index (χ4n) is 2.27. The minimum absolute atomic E-state index is 0.530. The lowest BCUT2D eigenvalue weighted by Gasteiger charge is -2.26. The maximum Gasteiger partial charge on any atom is 0.0547 e. The predicted octanol–water partition coefficient (Wildman–Crippen LogP) is 1.56. The molecule has 16 heavy (non-hydrogen) atoms. The van der Waals surface area contributed by atoms with Crippen molar-refractivity contribution in [2.75, 3.05) is 13.6 Å². The molecule has 0 aromatic carbocycles. The lowest BCUT2D eigenvalue weighted by atomic mass is 10.1. The monoisotopic (exact) mass is 219 g/mol. The molecule has 2 N–H and O–H groups in total. The molecule has 1 atom stereocenters. The van der Waals surface area contributed by atoms with Crippen molar-refractivity contribution < 1.29 is 0 Å². The van der Waals surface area contributed by atoms with Crippen molar-refractivity contribution in [3.63, 3.8) is 0 Å². The number of rotatable bonds is 5. The van der Waals surface area contributed by atoms with Crippen molar-refractivity contribution in [3.05, 3.63) is 29.6 Å². The molecule has 2 rings (SSSR count). The summed E-state index contributed by atoms with van der Waals surface area (Å²) in [6.07, 6.45) is 2.68. The van der Waals surface area contributed by atoms with E-state index in [1.807, 2.05) is 13.0 Å². The summed E-state index contributed by atoms with van der Waals surface area (Å²) in [4.78, 5) is 6.87. The molecule has 1 aliphatic carbocycles. The van der Waals surface area contributed by atoms with Crippen LogP contribution in [0.5, 0.6) is 0 Å². The third kappa shape index (κ3) is 2.80. The van der Waals surface area contributed by atoms with Gasteiger partial charge in [0.05, 0.1) is 5.69 Å². The molecule has 0 radical (unpaired) electrons. The second kappa shape index (κ2) is 4.93. The Balaban J connectivity index is 1.97. The van der Waals surface area contributed by atoms with Crippen LogP contribution < -0.4 is 5.73 Å². The molecule has 0 bridgehead atoms. The zero-order chi connectivity index (χ0) is 11.5. The second-order valence-corrected chi connectivity index (χ2v) is 4.83. The van der Waals surface area contributed by atoms with E-state index in [4.69, 9.17) is 5.73 Å². The zero-order valence-corrected chi connectivity index (χ0v) is 10.2. The van der Waals surface area contributed by atoms with Crippen molar-refractivity contribution in [2.24, 2.45) is 11.7 Å². The van der Waals surface area contributed by atoms with E-state index >= 15 is 0 Å². The van der Waals surface area contributed by atoms with Gasteiger partial charge in [-0.05, 0) is 44.9 Å². The summed E-state index contributed by atoms with van der Waals surface area (Å²) < 4.78 is 0. The van der Waals surface area contributed by atoms with Gasteiger partial charge in [-0.25, -0.2) is 0 Å². The number of hydrogen-bond acceptors (Lipinski definition) is 3. The minimum Gasteiger partial charge on any atom is -0.329 e. The summed E-state index contributed by atoms with van der Waals surface area (Å²) in [5.41, 5.74) is 8.06. The number of pyridine rings is 1. The summed E-state index contributed by atoms with van der Waals surface area (Å²) in [6, 6.07) is 6.72. The molecule has 3 nitrogen and oxygen atoms in total. The van der Waals surface area contributed by atoms with Crippen LogP contribution in [0, 0.1) is 12.8 Å². The number of nitrogens with two attached hydrogens (primary N) is 1. The lowest BCUT2D eigenvalue weighted by Crippen LogP contribution is -2.39. The zero-order valence-electron chi connectivity index (χ0n) is 10.2. The van der Waals surface area contributed by atoms with Crippen molar-refractivity contribution in [1.82, 2.24) is 9.88 Å². The maximum absolute atomic E-state index is 5.84. The fourth-order valence-corrected chi connectivity index (χ4v) is 2.27. The summed E-state index contributed by atoms with van der Waals surface area (Å²) in [7, 11) is 2.15. The average molecular weight is 219 g/mol. The van der Waals surface area contributed by atoms with Crippen molar-refractivity contribution in [3.8, 4) is 0 Å². The molecule has 3 heteroatoms. The SMILES string of the molecule is Cc1cccc(CN(C)C(CN)C2CC2)n1. The summed E-state index contributed by atoms with van der Waals surface area (Å²) in [5, 5.41) is 0. The van der Waals surface area contributed by atoms with Gasteiger partial charge in [-0.3, -0.25) is 9.88 Å². The third-order valence-electron chi connectivity index (χ3n) is 3.33. The van der Waals surface area contributed by atoms with Crippen LogP contribution in [0.15, 0.2) is 18.2 Å². The Hall–Kier alpha value is -0.930. The summed E-state index contributed by atoms with van der Waals surface area (Å²) in [6.45, 7) is 3.69. The Kier molecular flexibility index (Phi) is 3.56. The van der Waals surface area contributed by atoms with E-state index in [9.17, 15) is 0 Å². The van der Waals surface area contributed by atoms with Gasteiger partial charge in [0.2, 0.25) is 0 Å². The number of likely N-dealkylation sites (N-methyl/N-ethyl adjacent to an activating group) is 1. The molecule has 0 saturated heterocycles. The maximum atomic E-state index is 5.84. The number of aryl methyl sites for hydroxylation is 1. The molecule has 0 aliphatic heterocycles. The number of hydrogen-bond donors (Lipinski definition) is 1. The first-order valence-electron chi connectivity index (χ1n) is 6.03. The first-order chi connectivity index (χ1) is 7.70. The Bertz CT molecular complexity index is 347. The van der Waals surface area contributed by atoms with E-state index in [-0.39, 0.29) is 0 Å². The van der Waals surface area contributed by atoms with Gasteiger partial charge in [-0.2, -0.15) is 0 Å². The van der Waals surface area contributed by atoms with E-state index in [2.05, 4.69) is 29.1 Å². The number of nitrogens with zero attached hydrogens (tertiary/aromatic N) is 2. The standard InChI is InChI=1S/C13H21N3/c1-10-4-3-5-12(15-10)9-16(2)13(8-14)11-6-7-11/h3-5,11,13H,6-9,14H2,1-2H3. The van der Waals surface area contributed by atoms with Gasteiger partial charge in [0.25, 0.3) is 0 Å². The molecular formula is C13H21N3. The van der Waals surface area contributed by atoms with Crippen LogP contribution in [-0.2, 0) is 6.54 Å². The summed E-state index contributed by atoms with van der Waals surface area (Å²) in [5.74, 6) is 0.819. The van der Waals surface area contributed by atoms with Crippen LogP contribution in [0.1, 0.15) is 24.2 Å². The van der Waals surface area contributed by atoms with E-state index < -0.39 is 0 Å². The van der Waals surface area contributed by atoms with Gasteiger partial charge in [0, 0.05) is 24.8 Å². The minimum atomic E-state index is 0.530. The van der Waals surface area contributed by atoms with E-state index in [1.54, 1.807) is 0 Å². The second-order valence-electron chi connectivity index (χ2n) is 4.83. The lowest BCUT2D eigenvalue weighted by molar-refractivity contribution is 0.213. The first-order valence-corrected chi connectivity index (χ1v) is 6.03. The van der Waals surface area contributed by atoms with E-state index in [0.717, 1.165) is 30.4 Å². The highest BCUT2D eigenvalue weighted by Crippen LogP contribution is 2.34. The van der Waals surface area contributed by atoms with Gasteiger partial charge in [0.1, 0.15) is 0 Å². The predicted molar refractivity (Wildman–Crippen MR) is 66.0 cm³/mol. The van der Waals surface area contributed by atoms with Crippen LogP contribution in [0.4, 0.5) is 0 Å². The Morgan fingerprint density at radius 3 is 2.81 bits per heavy atom. The topological polar surface area (TPSA) is 42.1 Å². The molecule has 1 saturated carbocycles. The quantitative estimate of drug-likeness (QED) is 0.817. The molecule has 1 aliphatic rings. The van der Waals surface area contributed by atoms with Crippen LogP contribution in [0.3, 0.4) is 0 Å².